The van der Waals surface area contributed by atoms with Crippen molar-refractivity contribution in [3.8, 4) is 0 Å². The minimum Gasteiger partial charge on any atom is -0.633 e. The highest BCUT2D eigenvalue weighted by Crippen LogP contribution is 2.09. The van der Waals surface area contributed by atoms with Gasteiger partial charge in [-0.3, -0.25) is 0 Å². The summed E-state index contributed by atoms with van der Waals surface area (Å²) >= 11 is 0. The van der Waals surface area contributed by atoms with E-state index in [0.29, 0.717) is 6.54 Å². The molecule has 2 nitrogen and oxygen atoms in total. The molecule has 0 fully saturated rings. The molecule has 0 saturated heterocycles. The van der Waals surface area contributed by atoms with E-state index in [-0.39, 0.29) is 4.65 Å². The van der Waals surface area contributed by atoms with Crippen LogP contribution in [0, 0.1) is 5.21 Å². The predicted molar refractivity (Wildman–Crippen MR) is 63.0 cm³/mol. The summed E-state index contributed by atoms with van der Waals surface area (Å²) in [5.41, 5.74) is 0. The number of nitrogens with zero attached hydrogens (tertiary/aromatic N) is 1. The van der Waals surface area contributed by atoms with Gasteiger partial charge in [-0.2, -0.15) is 0 Å². The second kappa shape index (κ2) is 8.25. The fraction of sp³-hybridized carbons (Fsp3) is 1.00. The van der Waals surface area contributed by atoms with Crippen molar-refractivity contribution in [2.24, 2.45) is 0 Å². The first kappa shape index (κ1) is 13.9. The van der Waals surface area contributed by atoms with Crippen molar-refractivity contribution in [2.75, 3.05) is 20.1 Å². The van der Waals surface area contributed by atoms with Gasteiger partial charge in [0.2, 0.25) is 0 Å². The number of hydrogen-bond acceptors (Lipinski definition) is 1. The Balaban J connectivity index is 3.13. The van der Waals surface area contributed by atoms with E-state index in [1.54, 1.807) is 7.05 Å². The summed E-state index contributed by atoms with van der Waals surface area (Å²) in [7, 11) is 1.77. The topological polar surface area (TPSA) is 23.1 Å². The Hall–Kier alpha value is -0.0800. The summed E-state index contributed by atoms with van der Waals surface area (Å²) in [6.07, 6.45) is 9.04. The predicted octanol–water partition coefficient (Wildman–Crippen LogP) is 3.70. The Labute approximate surface area is 89.5 Å². The SMILES string of the molecule is CCCCCCCCC[N+](C)([O-])CC. The van der Waals surface area contributed by atoms with Crippen molar-refractivity contribution in [1.29, 1.82) is 0 Å². The van der Waals surface area contributed by atoms with Crippen LogP contribution in [0.5, 0.6) is 0 Å². The van der Waals surface area contributed by atoms with E-state index in [0.717, 1.165) is 13.0 Å². The van der Waals surface area contributed by atoms with Crippen LogP contribution in [0.4, 0.5) is 0 Å². The lowest BCUT2D eigenvalue weighted by molar-refractivity contribution is -0.859. The van der Waals surface area contributed by atoms with E-state index >= 15 is 0 Å². The second-order valence-corrected chi connectivity index (χ2v) is 4.46. The van der Waals surface area contributed by atoms with Crippen LogP contribution >= 0.6 is 0 Å². The van der Waals surface area contributed by atoms with Crippen LogP contribution in [0.3, 0.4) is 0 Å². The summed E-state index contributed by atoms with van der Waals surface area (Å²) in [6, 6.07) is 0. The van der Waals surface area contributed by atoms with E-state index in [2.05, 4.69) is 6.92 Å². The van der Waals surface area contributed by atoms with Crippen LogP contribution in [0.15, 0.2) is 0 Å². The van der Waals surface area contributed by atoms with Gasteiger partial charge in [-0.25, -0.2) is 0 Å². The lowest BCUT2D eigenvalue weighted by atomic mass is 10.1. The van der Waals surface area contributed by atoms with Gasteiger partial charge in [0, 0.05) is 0 Å². The number of quaternary nitrogens is 1. The molecular formula is C12H27NO. The van der Waals surface area contributed by atoms with Crippen molar-refractivity contribution < 1.29 is 4.65 Å². The number of hydrogen-bond donors (Lipinski definition) is 0. The van der Waals surface area contributed by atoms with Crippen LogP contribution in [0.2, 0.25) is 0 Å². The summed E-state index contributed by atoms with van der Waals surface area (Å²) in [5, 5.41) is 11.5. The molecule has 0 N–H and O–H groups in total. The molecule has 86 valence electrons. The van der Waals surface area contributed by atoms with Gasteiger partial charge in [0.25, 0.3) is 0 Å². The van der Waals surface area contributed by atoms with E-state index in [1.807, 2.05) is 6.92 Å². The van der Waals surface area contributed by atoms with Gasteiger partial charge in [0.05, 0.1) is 20.1 Å². The van der Waals surface area contributed by atoms with Gasteiger partial charge in [-0.15, -0.1) is 0 Å². The quantitative estimate of drug-likeness (QED) is 0.317. The van der Waals surface area contributed by atoms with Gasteiger partial charge in [0.15, 0.2) is 0 Å². The first-order valence-electron chi connectivity index (χ1n) is 6.18. The molecular weight excluding hydrogens is 174 g/mol. The molecule has 0 bridgehead atoms. The van der Waals surface area contributed by atoms with Crippen molar-refractivity contribution in [1.82, 2.24) is 0 Å². The summed E-state index contributed by atoms with van der Waals surface area (Å²) in [4.78, 5) is 0. The van der Waals surface area contributed by atoms with Crippen LogP contribution in [0.1, 0.15) is 58.8 Å². The van der Waals surface area contributed by atoms with E-state index < -0.39 is 0 Å². The maximum absolute atomic E-state index is 11.5. The molecule has 0 aromatic carbocycles. The van der Waals surface area contributed by atoms with Crippen molar-refractivity contribution in [3.63, 3.8) is 0 Å². The number of rotatable bonds is 9. The molecule has 0 aliphatic rings. The first-order chi connectivity index (χ1) is 6.62. The molecule has 0 rings (SSSR count). The molecule has 0 aromatic heterocycles. The van der Waals surface area contributed by atoms with Gasteiger partial charge >= 0.3 is 0 Å². The largest absolute Gasteiger partial charge is 0.633 e. The summed E-state index contributed by atoms with van der Waals surface area (Å²) < 4.78 is -0.0606. The fourth-order valence-corrected chi connectivity index (χ4v) is 1.56. The zero-order chi connectivity index (χ0) is 10.9. The average Bonchev–Trinajstić information content (AvgIpc) is 2.16. The van der Waals surface area contributed by atoms with Crippen LogP contribution in [-0.4, -0.2) is 24.8 Å². The summed E-state index contributed by atoms with van der Waals surface area (Å²) in [6.45, 7) is 5.70. The normalized spacial score (nSPS) is 15.4. The lowest BCUT2D eigenvalue weighted by Gasteiger charge is -2.37. The van der Waals surface area contributed by atoms with Crippen molar-refractivity contribution >= 4 is 0 Å². The Morgan fingerprint density at radius 1 is 0.857 bits per heavy atom. The third-order valence-corrected chi connectivity index (χ3v) is 2.90. The molecule has 0 heterocycles. The van der Waals surface area contributed by atoms with Crippen LogP contribution in [-0.2, 0) is 0 Å². The Morgan fingerprint density at radius 2 is 1.36 bits per heavy atom. The summed E-state index contributed by atoms with van der Waals surface area (Å²) in [5.74, 6) is 0. The van der Waals surface area contributed by atoms with E-state index in [9.17, 15) is 5.21 Å². The molecule has 0 saturated carbocycles. The zero-order valence-corrected chi connectivity index (χ0v) is 10.2. The molecule has 0 amide bonds. The molecule has 0 aliphatic carbocycles. The third-order valence-electron chi connectivity index (χ3n) is 2.90. The Morgan fingerprint density at radius 3 is 1.86 bits per heavy atom. The van der Waals surface area contributed by atoms with Gasteiger partial charge in [0.1, 0.15) is 0 Å². The Bertz CT molecular complexity index is 123. The highest BCUT2D eigenvalue weighted by atomic mass is 16.5. The minimum absolute atomic E-state index is 0.0606. The standard InChI is InChI=1S/C12H27NO/c1-4-6-7-8-9-10-11-12-13(3,14)5-2/h4-12H2,1-3H3. The molecule has 1 atom stereocenters. The molecule has 2 heteroatoms. The smallest absolute Gasteiger partial charge is 0.0781 e. The maximum Gasteiger partial charge on any atom is 0.0781 e. The van der Waals surface area contributed by atoms with E-state index in [1.165, 1.54) is 38.5 Å². The lowest BCUT2D eigenvalue weighted by Crippen LogP contribution is -2.37. The molecule has 14 heavy (non-hydrogen) atoms. The monoisotopic (exact) mass is 201 g/mol. The molecule has 1 unspecified atom stereocenters. The second-order valence-electron chi connectivity index (χ2n) is 4.46. The molecule has 0 aliphatic heterocycles. The van der Waals surface area contributed by atoms with Crippen molar-refractivity contribution in [3.05, 3.63) is 5.21 Å². The minimum atomic E-state index is -0.0606. The Kier molecular flexibility index (Phi) is 8.20. The van der Waals surface area contributed by atoms with Gasteiger partial charge in [-0.1, -0.05) is 39.0 Å². The van der Waals surface area contributed by atoms with Crippen LogP contribution < -0.4 is 0 Å². The molecule has 0 spiro atoms. The van der Waals surface area contributed by atoms with Gasteiger partial charge in [-0.05, 0) is 19.8 Å². The fourth-order valence-electron chi connectivity index (χ4n) is 1.56. The zero-order valence-electron chi connectivity index (χ0n) is 10.2. The van der Waals surface area contributed by atoms with Crippen LogP contribution in [0.25, 0.3) is 0 Å². The first-order valence-corrected chi connectivity index (χ1v) is 6.18. The highest BCUT2D eigenvalue weighted by molar-refractivity contribution is 4.45. The maximum atomic E-state index is 11.5. The average molecular weight is 201 g/mol. The number of hydroxylamine groups is 3. The number of unbranched alkanes of at least 4 members (excludes halogenated alkanes) is 6. The third kappa shape index (κ3) is 8.52. The van der Waals surface area contributed by atoms with Gasteiger partial charge < -0.3 is 9.85 Å². The van der Waals surface area contributed by atoms with Crippen molar-refractivity contribution in [2.45, 2.75) is 58.8 Å². The van der Waals surface area contributed by atoms with E-state index in [4.69, 9.17) is 0 Å². The molecule has 0 radical (unpaired) electrons. The highest BCUT2D eigenvalue weighted by Gasteiger charge is 2.04. The molecule has 0 aromatic rings.